The molecule has 12 heteroatoms. The molecule has 1 aliphatic heterocycles. The highest BCUT2D eigenvalue weighted by atomic mass is 35.5. The van der Waals surface area contributed by atoms with Crippen LogP contribution in [-0.2, 0) is 23.0 Å². The molecule has 4 rings (SSSR count). The summed E-state index contributed by atoms with van der Waals surface area (Å²) < 4.78 is 37.9. The van der Waals surface area contributed by atoms with Gasteiger partial charge in [-0.05, 0) is 50.3 Å². The molecule has 42 heavy (non-hydrogen) atoms. The van der Waals surface area contributed by atoms with E-state index in [1.54, 1.807) is 36.6 Å². The van der Waals surface area contributed by atoms with E-state index in [1.165, 1.54) is 21.2 Å². The van der Waals surface area contributed by atoms with Gasteiger partial charge in [-0.3, -0.25) is 9.59 Å². The summed E-state index contributed by atoms with van der Waals surface area (Å²) in [4.78, 5) is 32.8. The Hall–Kier alpha value is -2.99. The molecule has 1 aromatic heterocycles. The van der Waals surface area contributed by atoms with Crippen molar-refractivity contribution in [3.05, 3.63) is 75.2 Å². The molecule has 0 bridgehead atoms. The molecule has 0 radical (unpaired) electrons. The van der Waals surface area contributed by atoms with Crippen molar-refractivity contribution in [2.24, 2.45) is 0 Å². The summed E-state index contributed by atoms with van der Waals surface area (Å²) in [6.45, 7) is 3.41. The minimum atomic E-state index is -3.69. The van der Waals surface area contributed by atoms with Gasteiger partial charge in [0.2, 0.25) is 10.0 Å². The van der Waals surface area contributed by atoms with Crippen molar-refractivity contribution < 1.29 is 27.5 Å². The van der Waals surface area contributed by atoms with Crippen LogP contribution < -0.4 is 9.47 Å². The third-order valence-electron chi connectivity index (χ3n) is 7.21. The predicted octanol–water partition coefficient (Wildman–Crippen LogP) is 5.16. The molecule has 1 fully saturated rings. The second kappa shape index (κ2) is 15.5. The summed E-state index contributed by atoms with van der Waals surface area (Å²) in [5, 5.41) is 2.14. The number of rotatable bonds is 13. The molecule has 1 saturated heterocycles. The average Bonchev–Trinajstić information content (AvgIpc) is 3.46. The largest absolute Gasteiger partial charge is 0.496 e. The zero-order valence-corrected chi connectivity index (χ0v) is 26.7. The Morgan fingerprint density at radius 2 is 1.67 bits per heavy atom. The number of Topliss-reactive ketones (excluding diaryl/α,β-unsaturated/α-hetero) is 1. The molecule has 0 N–H and O–H groups in total. The number of thiazole rings is 1. The van der Waals surface area contributed by atoms with Crippen molar-refractivity contribution in [1.82, 2.24) is 14.2 Å². The number of benzene rings is 2. The monoisotopic (exact) mass is 635 g/mol. The van der Waals surface area contributed by atoms with Crippen molar-refractivity contribution in [2.45, 2.75) is 45.6 Å². The Labute approximate surface area is 258 Å². The number of aromatic nitrogens is 1. The number of ketones is 1. The quantitative estimate of drug-likeness (QED) is 0.239. The Morgan fingerprint density at radius 1 is 1.02 bits per heavy atom. The van der Waals surface area contributed by atoms with E-state index in [0.29, 0.717) is 41.7 Å². The minimum absolute atomic E-state index is 0. The minimum Gasteiger partial charge on any atom is -0.496 e. The number of carbonyl (C=O) groups excluding carboxylic acids is 2. The molecule has 9 nitrogen and oxygen atoms in total. The van der Waals surface area contributed by atoms with E-state index in [9.17, 15) is 18.0 Å². The SMILES string of the molecule is COc1cc(C(=O)N(CCCc2ccccc2)Cc2nc(C(=O)CS(=O)(=O)N3CCCCC3)cs2)cc(OC)c1C.Cl. The molecule has 0 aliphatic carbocycles. The van der Waals surface area contributed by atoms with Crippen LogP contribution in [0.25, 0.3) is 0 Å². The Kier molecular flexibility index (Phi) is 12.3. The van der Waals surface area contributed by atoms with Gasteiger partial charge in [0.25, 0.3) is 5.91 Å². The fourth-order valence-electron chi connectivity index (χ4n) is 4.91. The van der Waals surface area contributed by atoms with Crippen molar-refractivity contribution >= 4 is 45.5 Å². The molecule has 1 aliphatic rings. The van der Waals surface area contributed by atoms with Crippen LogP contribution in [0.4, 0.5) is 0 Å². The number of hydrogen-bond donors (Lipinski definition) is 0. The highest BCUT2D eigenvalue weighted by Crippen LogP contribution is 2.30. The Balaban J connectivity index is 0.00000484. The molecule has 2 aromatic carbocycles. The van der Waals surface area contributed by atoms with Crippen molar-refractivity contribution in [1.29, 1.82) is 0 Å². The predicted molar refractivity (Wildman–Crippen MR) is 167 cm³/mol. The fourth-order valence-corrected chi connectivity index (χ4v) is 7.20. The first kappa shape index (κ1) is 33.5. The molecule has 3 aromatic rings. The maximum atomic E-state index is 13.8. The van der Waals surface area contributed by atoms with Crippen LogP contribution in [0.2, 0.25) is 0 Å². The van der Waals surface area contributed by atoms with Crippen LogP contribution in [0, 0.1) is 6.92 Å². The van der Waals surface area contributed by atoms with Gasteiger partial charge >= 0.3 is 0 Å². The first-order valence-corrected chi connectivity index (χ1v) is 16.2. The van der Waals surface area contributed by atoms with E-state index in [-0.39, 0.29) is 30.6 Å². The molecule has 0 saturated carbocycles. The summed E-state index contributed by atoms with van der Waals surface area (Å²) in [6, 6.07) is 13.5. The Morgan fingerprint density at radius 3 is 2.29 bits per heavy atom. The normalized spacial score (nSPS) is 13.7. The van der Waals surface area contributed by atoms with Crippen LogP contribution in [0.5, 0.6) is 11.5 Å². The van der Waals surface area contributed by atoms with E-state index >= 15 is 0 Å². The second-order valence-corrected chi connectivity index (χ2v) is 13.0. The van der Waals surface area contributed by atoms with Crippen LogP contribution in [0.1, 0.15) is 62.7 Å². The van der Waals surface area contributed by atoms with Crippen molar-refractivity contribution in [3.63, 3.8) is 0 Å². The van der Waals surface area contributed by atoms with Gasteiger partial charge < -0.3 is 14.4 Å². The number of ether oxygens (including phenoxy) is 2. The molecule has 0 spiro atoms. The van der Waals surface area contributed by atoms with Crippen molar-refractivity contribution in [2.75, 3.05) is 39.6 Å². The number of sulfonamides is 1. The van der Waals surface area contributed by atoms with Crippen molar-refractivity contribution in [3.8, 4) is 11.5 Å². The molecule has 228 valence electrons. The first-order chi connectivity index (χ1) is 19.7. The molecular weight excluding hydrogens is 598 g/mol. The molecule has 0 unspecified atom stereocenters. The maximum absolute atomic E-state index is 13.8. The highest BCUT2D eigenvalue weighted by Gasteiger charge is 2.28. The number of halogens is 1. The van der Waals surface area contributed by atoms with Crippen LogP contribution in [0.15, 0.2) is 47.8 Å². The van der Waals surface area contributed by atoms with E-state index in [1.807, 2.05) is 25.1 Å². The Bertz CT molecular complexity index is 1430. The number of aryl methyl sites for hydroxylation is 1. The lowest BCUT2D eigenvalue weighted by molar-refractivity contribution is 0.0740. The van der Waals surface area contributed by atoms with Gasteiger partial charge in [0.15, 0.2) is 5.78 Å². The number of methoxy groups -OCH3 is 2. The fraction of sp³-hybridized carbons (Fsp3) is 0.433. The molecular formula is C30H38ClN3O6S2. The number of piperidine rings is 1. The number of hydrogen-bond acceptors (Lipinski definition) is 8. The summed E-state index contributed by atoms with van der Waals surface area (Å²) in [7, 11) is -0.591. The molecule has 1 amide bonds. The van der Waals surface area contributed by atoms with E-state index in [0.717, 1.165) is 37.7 Å². The number of amides is 1. The van der Waals surface area contributed by atoms with Gasteiger partial charge in [-0.1, -0.05) is 36.8 Å². The van der Waals surface area contributed by atoms with Gasteiger partial charge in [-0.2, -0.15) is 0 Å². The second-order valence-electron chi connectivity index (χ2n) is 10.1. The van der Waals surface area contributed by atoms with Gasteiger partial charge in [0, 0.05) is 36.1 Å². The highest BCUT2D eigenvalue weighted by molar-refractivity contribution is 7.89. The van der Waals surface area contributed by atoms with Crippen LogP contribution in [-0.4, -0.2) is 73.9 Å². The van der Waals surface area contributed by atoms with Gasteiger partial charge in [0.1, 0.15) is 28.0 Å². The topological polar surface area (TPSA) is 106 Å². The molecule has 2 heterocycles. The third-order valence-corrected chi connectivity index (χ3v) is 9.82. The lowest BCUT2D eigenvalue weighted by Gasteiger charge is -2.25. The number of nitrogens with zero attached hydrogens (tertiary/aromatic N) is 3. The standard InChI is InChI=1S/C30H37N3O6S2.ClH/c1-22-27(38-2)17-24(18-28(22)39-3)30(35)32(14-10-13-23-11-6-4-7-12-23)19-29-31-25(20-40-29)26(34)21-41(36,37)33-15-8-5-9-16-33;/h4,6-7,11-12,17-18,20H,5,8-10,13-16,19,21H2,1-3H3;1H. The lowest BCUT2D eigenvalue weighted by Crippen LogP contribution is -2.39. The summed E-state index contributed by atoms with van der Waals surface area (Å²) >= 11 is 1.24. The first-order valence-electron chi connectivity index (χ1n) is 13.7. The smallest absolute Gasteiger partial charge is 0.254 e. The maximum Gasteiger partial charge on any atom is 0.254 e. The lowest BCUT2D eigenvalue weighted by atomic mass is 10.1. The van der Waals surface area contributed by atoms with Gasteiger partial charge in [-0.25, -0.2) is 17.7 Å². The van der Waals surface area contributed by atoms with E-state index in [2.05, 4.69) is 17.1 Å². The van der Waals surface area contributed by atoms with Gasteiger partial charge in [0.05, 0.1) is 20.8 Å². The summed E-state index contributed by atoms with van der Waals surface area (Å²) in [5.41, 5.74) is 2.51. The third kappa shape index (κ3) is 8.53. The van der Waals surface area contributed by atoms with E-state index in [4.69, 9.17) is 9.47 Å². The molecule has 0 atom stereocenters. The average molecular weight is 636 g/mol. The van der Waals surface area contributed by atoms with Crippen LogP contribution >= 0.6 is 23.7 Å². The van der Waals surface area contributed by atoms with Crippen LogP contribution in [0.3, 0.4) is 0 Å². The summed E-state index contributed by atoms with van der Waals surface area (Å²) in [6.07, 6.45) is 4.13. The summed E-state index contributed by atoms with van der Waals surface area (Å²) in [5.74, 6) is -0.250. The van der Waals surface area contributed by atoms with Gasteiger partial charge in [-0.15, -0.1) is 23.7 Å². The zero-order chi connectivity index (χ0) is 29.4. The number of carbonyl (C=O) groups is 2. The van der Waals surface area contributed by atoms with E-state index < -0.39 is 21.6 Å². The zero-order valence-electron chi connectivity index (χ0n) is 24.2.